The third-order valence-corrected chi connectivity index (χ3v) is 1.96. The molecule has 0 atom stereocenters. The predicted octanol–water partition coefficient (Wildman–Crippen LogP) is 1.88. The lowest BCUT2D eigenvalue weighted by Crippen LogP contribution is -2.30. The van der Waals surface area contributed by atoms with Gasteiger partial charge in [-0.25, -0.2) is 4.79 Å². The van der Waals surface area contributed by atoms with Crippen LogP contribution in [0.1, 0.15) is 6.42 Å². The minimum atomic E-state index is -2.90. The number of urea groups is 1. The Morgan fingerprint density at radius 2 is 1.89 bits per heavy atom. The van der Waals surface area contributed by atoms with Crippen LogP contribution in [0.4, 0.5) is 19.3 Å². The molecule has 0 heterocycles. The zero-order chi connectivity index (χ0) is 14.3. The van der Waals surface area contributed by atoms with Gasteiger partial charge >= 0.3 is 18.6 Å². The van der Waals surface area contributed by atoms with E-state index in [1.807, 2.05) is 0 Å². The van der Waals surface area contributed by atoms with Crippen molar-refractivity contribution in [2.24, 2.45) is 0 Å². The molecule has 0 spiro atoms. The van der Waals surface area contributed by atoms with Gasteiger partial charge in [0, 0.05) is 12.2 Å². The standard InChI is InChI=1S/C11H12F2N2O4/c12-10(13)19-8-3-1-7(2-4-8)15-11(18)14-6-5-9(16)17/h1-4,10H,5-6H2,(H,16,17)(H2,14,15,18). The fraction of sp³-hybridized carbons (Fsp3) is 0.273. The van der Waals surface area contributed by atoms with Crippen LogP contribution in [0.3, 0.4) is 0 Å². The Bertz CT molecular complexity index is 437. The van der Waals surface area contributed by atoms with Crippen LogP contribution in [0.25, 0.3) is 0 Å². The molecule has 0 aliphatic heterocycles. The van der Waals surface area contributed by atoms with Gasteiger partial charge in [0.25, 0.3) is 0 Å². The van der Waals surface area contributed by atoms with Gasteiger partial charge in [-0.2, -0.15) is 8.78 Å². The van der Waals surface area contributed by atoms with Gasteiger partial charge in [0.1, 0.15) is 5.75 Å². The first-order valence-corrected chi connectivity index (χ1v) is 5.29. The lowest BCUT2D eigenvalue weighted by Gasteiger charge is -2.08. The highest BCUT2D eigenvalue weighted by molar-refractivity contribution is 5.89. The summed E-state index contributed by atoms with van der Waals surface area (Å²) in [6.45, 7) is -2.91. The quantitative estimate of drug-likeness (QED) is 0.739. The third-order valence-electron chi connectivity index (χ3n) is 1.96. The number of rotatable bonds is 6. The van der Waals surface area contributed by atoms with Crippen LogP contribution >= 0.6 is 0 Å². The van der Waals surface area contributed by atoms with E-state index in [9.17, 15) is 18.4 Å². The Kier molecular flexibility index (Phi) is 5.52. The van der Waals surface area contributed by atoms with E-state index in [-0.39, 0.29) is 18.7 Å². The first-order valence-electron chi connectivity index (χ1n) is 5.29. The van der Waals surface area contributed by atoms with Crippen molar-refractivity contribution in [2.75, 3.05) is 11.9 Å². The Morgan fingerprint density at radius 1 is 1.26 bits per heavy atom. The van der Waals surface area contributed by atoms with Crippen LogP contribution in [-0.2, 0) is 4.79 Å². The van der Waals surface area contributed by atoms with Crippen molar-refractivity contribution in [3.05, 3.63) is 24.3 Å². The fourth-order valence-corrected chi connectivity index (χ4v) is 1.18. The van der Waals surface area contributed by atoms with Crippen molar-refractivity contribution in [2.45, 2.75) is 13.0 Å². The SMILES string of the molecule is O=C(O)CCNC(=O)Nc1ccc(OC(F)F)cc1. The number of benzene rings is 1. The van der Waals surface area contributed by atoms with Gasteiger partial charge < -0.3 is 20.5 Å². The molecular weight excluding hydrogens is 262 g/mol. The van der Waals surface area contributed by atoms with E-state index in [0.717, 1.165) is 0 Å². The Balaban J connectivity index is 2.40. The average molecular weight is 274 g/mol. The topological polar surface area (TPSA) is 87.7 Å². The number of aliphatic carboxylic acids is 1. The molecule has 0 aromatic heterocycles. The molecule has 6 nitrogen and oxygen atoms in total. The van der Waals surface area contributed by atoms with Crippen LogP contribution in [0.2, 0.25) is 0 Å². The third kappa shape index (κ3) is 6.20. The van der Waals surface area contributed by atoms with Gasteiger partial charge in [-0.05, 0) is 24.3 Å². The number of carboxylic acid groups (broad SMARTS) is 1. The van der Waals surface area contributed by atoms with Crippen molar-refractivity contribution < 1.29 is 28.2 Å². The number of ether oxygens (including phenoxy) is 1. The molecule has 1 aromatic rings. The number of halogens is 2. The number of carbonyl (C=O) groups excluding carboxylic acids is 1. The molecule has 104 valence electrons. The first-order chi connectivity index (χ1) is 8.97. The second kappa shape index (κ2) is 7.14. The summed E-state index contributed by atoms with van der Waals surface area (Å²) in [6.07, 6.45) is -0.186. The van der Waals surface area contributed by atoms with Crippen LogP contribution in [0.15, 0.2) is 24.3 Å². The summed E-state index contributed by atoms with van der Waals surface area (Å²) in [7, 11) is 0. The molecule has 0 unspecified atom stereocenters. The van der Waals surface area contributed by atoms with Crippen molar-refractivity contribution in [3.63, 3.8) is 0 Å². The van der Waals surface area contributed by atoms with Crippen molar-refractivity contribution in [3.8, 4) is 5.75 Å². The normalized spacial score (nSPS) is 10.1. The molecule has 0 aliphatic carbocycles. The number of alkyl halides is 2. The molecule has 1 rings (SSSR count). The van der Waals surface area contributed by atoms with Gasteiger partial charge in [-0.1, -0.05) is 0 Å². The van der Waals surface area contributed by atoms with Crippen LogP contribution in [0.5, 0.6) is 5.75 Å². The molecule has 0 bridgehead atoms. The van der Waals surface area contributed by atoms with E-state index in [0.29, 0.717) is 5.69 Å². The predicted molar refractivity (Wildman–Crippen MR) is 62.3 cm³/mol. The molecule has 1 aromatic carbocycles. The average Bonchev–Trinajstić information content (AvgIpc) is 2.30. The van der Waals surface area contributed by atoms with Gasteiger partial charge in [0.15, 0.2) is 0 Å². The van der Waals surface area contributed by atoms with Gasteiger partial charge in [-0.3, -0.25) is 4.79 Å². The van der Waals surface area contributed by atoms with Crippen molar-refractivity contribution >= 4 is 17.7 Å². The molecule has 0 aliphatic rings. The van der Waals surface area contributed by atoms with E-state index >= 15 is 0 Å². The maximum Gasteiger partial charge on any atom is 0.387 e. The summed E-state index contributed by atoms with van der Waals surface area (Å²) in [5.41, 5.74) is 0.370. The second-order valence-electron chi connectivity index (χ2n) is 3.43. The maximum absolute atomic E-state index is 11.9. The van der Waals surface area contributed by atoms with E-state index in [1.165, 1.54) is 24.3 Å². The summed E-state index contributed by atoms with van der Waals surface area (Å²) in [4.78, 5) is 21.5. The van der Waals surface area contributed by atoms with Crippen molar-refractivity contribution in [1.82, 2.24) is 5.32 Å². The summed E-state index contributed by atoms with van der Waals surface area (Å²) >= 11 is 0. The molecule has 19 heavy (non-hydrogen) atoms. The molecule has 0 radical (unpaired) electrons. The largest absolute Gasteiger partial charge is 0.481 e. The molecule has 3 N–H and O–H groups in total. The maximum atomic E-state index is 11.9. The van der Waals surface area contributed by atoms with Gasteiger partial charge in [0.05, 0.1) is 6.42 Å². The second-order valence-corrected chi connectivity index (χ2v) is 3.43. The summed E-state index contributed by atoms with van der Waals surface area (Å²) in [5, 5.41) is 13.1. The number of amides is 2. The summed E-state index contributed by atoms with van der Waals surface area (Å²) in [6, 6.07) is 4.74. The summed E-state index contributed by atoms with van der Waals surface area (Å²) < 4.78 is 27.9. The van der Waals surface area contributed by atoms with Gasteiger partial charge in [0.2, 0.25) is 0 Å². The zero-order valence-electron chi connectivity index (χ0n) is 9.73. The lowest BCUT2D eigenvalue weighted by molar-refractivity contribution is -0.136. The number of nitrogens with one attached hydrogen (secondary N) is 2. The highest BCUT2D eigenvalue weighted by Gasteiger charge is 2.05. The molecular formula is C11H12F2N2O4. The Labute approximate surface area is 107 Å². The number of hydrogen-bond acceptors (Lipinski definition) is 3. The minimum absolute atomic E-state index is 0.00621. The van der Waals surface area contributed by atoms with E-state index in [4.69, 9.17) is 5.11 Å². The Morgan fingerprint density at radius 3 is 2.42 bits per heavy atom. The van der Waals surface area contributed by atoms with Crippen LogP contribution < -0.4 is 15.4 Å². The monoisotopic (exact) mass is 274 g/mol. The minimum Gasteiger partial charge on any atom is -0.481 e. The zero-order valence-corrected chi connectivity index (χ0v) is 9.73. The van der Waals surface area contributed by atoms with Crippen LogP contribution in [-0.4, -0.2) is 30.3 Å². The smallest absolute Gasteiger partial charge is 0.387 e. The number of carboxylic acids is 1. The van der Waals surface area contributed by atoms with Crippen LogP contribution in [0, 0.1) is 0 Å². The van der Waals surface area contributed by atoms with E-state index in [2.05, 4.69) is 15.4 Å². The molecule has 0 saturated carbocycles. The number of carbonyl (C=O) groups is 2. The Hall–Kier alpha value is -2.38. The molecule has 0 saturated heterocycles. The number of hydrogen-bond donors (Lipinski definition) is 3. The molecule has 2 amide bonds. The molecule has 8 heteroatoms. The number of anilines is 1. The highest BCUT2D eigenvalue weighted by Crippen LogP contribution is 2.17. The first kappa shape index (κ1) is 14.7. The van der Waals surface area contributed by atoms with E-state index in [1.54, 1.807) is 0 Å². The van der Waals surface area contributed by atoms with E-state index < -0.39 is 18.6 Å². The highest BCUT2D eigenvalue weighted by atomic mass is 19.3. The summed E-state index contributed by atoms with van der Waals surface area (Å²) in [5.74, 6) is -1.04. The van der Waals surface area contributed by atoms with Gasteiger partial charge in [-0.15, -0.1) is 0 Å². The lowest BCUT2D eigenvalue weighted by atomic mass is 10.3. The fourth-order valence-electron chi connectivity index (χ4n) is 1.18. The van der Waals surface area contributed by atoms with Crippen molar-refractivity contribution in [1.29, 1.82) is 0 Å². The molecule has 0 fully saturated rings.